The van der Waals surface area contributed by atoms with Gasteiger partial charge in [-0.3, -0.25) is 4.79 Å². The first-order valence-corrected chi connectivity index (χ1v) is 14.9. The predicted molar refractivity (Wildman–Crippen MR) is 161 cm³/mol. The van der Waals surface area contributed by atoms with Crippen LogP contribution < -0.4 is 24.0 Å². The van der Waals surface area contributed by atoms with Crippen LogP contribution in [0.2, 0.25) is 0 Å². The van der Waals surface area contributed by atoms with Gasteiger partial charge in [-0.05, 0) is 55.0 Å². The average Bonchev–Trinajstić information content (AvgIpc) is 3.04. The van der Waals surface area contributed by atoms with Crippen molar-refractivity contribution >= 4 is 17.3 Å². The predicted octanol–water partition coefficient (Wildman–Crippen LogP) is 5.23. The van der Waals surface area contributed by atoms with Gasteiger partial charge in [0.25, 0.3) is 0 Å². The van der Waals surface area contributed by atoms with E-state index in [4.69, 9.17) is 18.9 Å². The van der Waals surface area contributed by atoms with Crippen molar-refractivity contribution in [3.8, 4) is 28.5 Å². The van der Waals surface area contributed by atoms with Gasteiger partial charge < -0.3 is 33.9 Å². The number of anilines is 2. The van der Waals surface area contributed by atoms with E-state index in [-0.39, 0.29) is 12.3 Å². The lowest BCUT2D eigenvalue weighted by Gasteiger charge is -2.35. The molecule has 0 radical (unpaired) electrons. The first-order valence-electron chi connectivity index (χ1n) is 14.9. The number of nitrogens with zero attached hydrogens (tertiary/aromatic N) is 3. The fourth-order valence-electron chi connectivity index (χ4n) is 6.21. The number of ether oxygens (including phenoxy) is 4. The molecular weight excluding hydrogens is 534 g/mol. The number of morpholine rings is 1. The van der Waals surface area contributed by atoms with Gasteiger partial charge >= 0.3 is 5.97 Å². The van der Waals surface area contributed by atoms with Crippen LogP contribution in [0, 0.1) is 5.92 Å². The second-order valence-corrected chi connectivity index (χ2v) is 11.3. The molecule has 1 unspecified atom stereocenters. The zero-order valence-corrected chi connectivity index (χ0v) is 24.2. The summed E-state index contributed by atoms with van der Waals surface area (Å²) in [5.74, 6) is 1.58. The normalized spacial score (nSPS) is 19.1. The van der Waals surface area contributed by atoms with Gasteiger partial charge in [0.05, 0.1) is 46.2 Å². The minimum atomic E-state index is -0.803. The molecule has 2 aromatic carbocycles. The zero-order chi connectivity index (χ0) is 28.9. The van der Waals surface area contributed by atoms with Gasteiger partial charge in [0, 0.05) is 66.7 Å². The number of rotatable bonds is 9. The summed E-state index contributed by atoms with van der Waals surface area (Å²) < 4.78 is 22.9. The van der Waals surface area contributed by atoms with E-state index in [9.17, 15) is 9.90 Å². The molecular formula is C33H39N3O6. The largest absolute Gasteiger partial charge is 0.497 e. The lowest BCUT2D eigenvalue weighted by molar-refractivity contribution is -0.137. The Labute approximate surface area is 247 Å². The van der Waals surface area contributed by atoms with Crippen molar-refractivity contribution in [2.75, 3.05) is 69.5 Å². The van der Waals surface area contributed by atoms with E-state index in [1.165, 1.54) is 22.5 Å². The number of hydrogen-bond donors (Lipinski definition) is 1. The van der Waals surface area contributed by atoms with E-state index in [0.29, 0.717) is 37.2 Å². The highest BCUT2D eigenvalue weighted by Crippen LogP contribution is 2.39. The summed E-state index contributed by atoms with van der Waals surface area (Å²) in [6, 6.07) is 17.1. The molecule has 222 valence electrons. The molecule has 1 aromatic heterocycles. The molecule has 3 aromatic rings. The van der Waals surface area contributed by atoms with Gasteiger partial charge in [-0.1, -0.05) is 12.1 Å². The number of aromatic nitrogens is 1. The van der Waals surface area contributed by atoms with Gasteiger partial charge in [0.2, 0.25) is 5.88 Å². The third-order valence-corrected chi connectivity index (χ3v) is 8.64. The summed E-state index contributed by atoms with van der Waals surface area (Å²) >= 11 is 0. The summed E-state index contributed by atoms with van der Waals surface area (Å²) in [4.78, 5) is 20.6. The Morgan fingerprint density at radius 1 is 0.976 bits per heavy atom. The molecule has 9 nitrogen and oxygen atoms in total. The van der Waals surface area contributed by atoms with E-state index in [2.05, 4.69) is 51.2 Å². The molecule has 3 aliphatic rings. The molecule has 9 heteroatoms. The molecule has 42 heavy (non-hydrogen) atoms. The second kappa shape index (κ2) is 12.9. The highest BCUT2D eigenvalue weighted by molar-refractivity contribution is 5.81. The Bertz CT molecular complexity index is 1370. The van der Waals surface area contributed by atoms with Crippen molar-refractivity contribution in [1.82, 2.24) is 4.98 Å². The smallest absolute Gasteiger partial charge is 0.303 e. The first kappa shape index (κ1) is 28.2. The maximum Gasteiger partial charge on any atom is 0.303 e. The summed E-state index contributed by atoms with van der Waals surface area (Å²) in [6.07, 6.45) is 4.44. The van der Waals surface area contributed by atoms with Crippen molar-refractivity contribution in [1.29, 1.82) is 0 Å². The highest BCUT2D eigenvalue weighted by atomic mass is 16.5. The maximum absolute atomic E-state index is 11.3. The summed E-state index contributed by atoms with van der Waals surface area (Å²) in [5.41, 5.74) is 5.70. The minimum Gasteiger partial charge on any atom is -0.497 e. The molecule has 3 aliphatic heterocycles. The monoisotopic (exact) mass is 573 g/mol. The molecule has 2 saturated heterocycles. The van der Waals surface area contributed by atoms with Crippen LogP contribution in [0.1, 0.15) is 37.2 Å². The average molecular weight is 574 g/mol. The van der Waals surface area contributed by atoms with Crippen molar-refractivity contribution in [2.45, 2.75) is 31.6 Å². The SMILES string of the molecule is COc1ccc(-c2ccc(N3CCOCC3)cc2)c(N2CCC(COc3cc4c(cn3)OCCC4CC(=O)O)CC2)c1. The number of hydrogen-bond acceptors (Lipinski definition) is 8. The highest BCUT2D eigenvalue weighted by Gasteiger charge is 2.26. The van der Waals surface area contributed by atoms with E-state index in [1.807, 2.05) is 12.1 Å². The van der Waals surface area contributed by atoms with Crippen molar-refractivity contribution in [3.05, 3.63) is 60.3 Å². The Morgan fingerprint density at radius 2 is 1.76 bits per heavy atom. The molecule has 0 saturated carbocycles. The minimum absolute atomic E-state index is 0.0764. The van der Waals surface area contributed by atoms with Crippen LogP contribution in [0.25, 0.3) is 11.1 Å². The molecule has 1 N–H and O–H groups in total. The Hall–Kier alpha value is -3.98. The van der Waals surface area contributed by atoms with Gasteiger partial charge in [-0.15, -0.1) is 0 Å². The van der Waals surface area contributed by atoms with Crippen molar-refractivity contribution < 1.29 is 28.8 Å². The molecule has 2 fully saturated rings. The van der Waals surface area contributed by atoms with Crippen LogP contribution in [0.5, 0.6) is 17.4 Å². The third kappa shape index (κ3) is 6.41. The van der Waals surface area contributed by atoms with Crippen LogP contribution in [0.3, 0.4) is 0 Å². The van der Waals surface area contributed by atoms with Crippen molar-refractivity contribution in [3.63, 3.8) is 0 Å². The second-order valence-electron chi connectivity index (χ2n) is 11.3. The van der Waals surface area contributed by atoms with Crippen LogP contribution in [-0.4, -0.2) is 75.8 Å². The third-order valence-electron chi connectivity index (χ3n) is 8.64. The van der Waals surface area contributed by atoms with Gasteiger partial charge in [-0.25, -0.2) is 4.98 Å². The van der Waals surface area contributed by atoms with Gasteiger partial charge in [0.15, 0.2) is 0 Å². The van der Waals surface area contributed by atoms with Crippen LogP contribution in [0.4, 0.5) is 11.4 Å². The van der Waals surface area contributed by atoms with E-state index in [0.717, 1.165) is 63.5 Å². The number of methoxy groups -OCH3 is 1. The fourth-order valence-corrected chi connectivity index (χ4v) is 6.21. The van der Waals surface area contributed by atoms with E-state index < -0.39 is 5.97 Å². The molecule has 0 spiro atoms. The zero-order valence-electron chi connectivity index (χ0n) is 24.2. The van der Waals surface area contributed by atoms with Crippen LogP contribution >= 0.6 is 0 Å². The number of carboxylic acids is 1. The molecule has 6 rings (SSSR count). The first-order chi connectivity index (χ1) is 20.6. The van der Waals surface area contributed by atoms with Crippen LogP contribution in [0.15, 0.2) is 54.7 Å². The number of aliphatic carboxylic acids is 1. The number of carboxylic acid groups (broad SMARTS) is 1. The lowest BCUT2D eigenvalue weighted by atomic mass is 9.91. The summed E-state index contributed by atoms with van der Waals surface area (Å²) in [6.45, 7) is 6.34. The van der Waals surface area contributed by atoms with E-state index in [1.54, 1.807) is 13.3 Å². The number of pyridine rings is 1. The topological polar surface area (TPSA) is 93.6 Å². The quantitative estimate of drug-likeness (QED) is 0.369. The molecule has 0 bridgehead atoms. The Balaban J connectivity index is 1.10. The van der Waals surface area contributed by atoms with E-state index >= 15 is 0 Å². The summed E-state index contributed by atoms with van der Waals surface area (Å²) in [5, 5.41) is 9.31. The summed E-state index contributed by atoms with van der Waals surface area (Å²) in [7, 11) is 1.71. The van der Waals surface area contributed by atoms with Gasteiger partial charge in [-0.2, -0.15) is 0 Å². The number of benzene rings is 2. The lowest BCUT2D eigenvalue weighted by Crippen LogP contribution is -2.36. The number of piperidine rings is 1. The van der Waals surface area contributed by atoms with Crippen molar-refractivity contribution in [2.24, 2.45) is 5.92 Å². The molecule has 1 atom stereocenters. The number of fused-ring (bicyclic) bond motifs is 1. The number of carbonyl (C=O) groups is 1. The standard InChI is InChI=1S/C33H39N3O6/c1-39-27-6-7-28(24-2-4-26(5-3-24)35-13-16-40-17-14-35)30(19-27)36-11-8-23(9-12-36)22-42-32-20-29-25(18-33(37)38)10-15-41-31(29)21-34-32/h2-7,19-21,23,25H,8-18,22H2,1H3,(H,37,38). The Kier molecular flexibility index (Phi) is 8.65. The molecule has 0 amide bonds. The van der Waals surface area contributed by atoms with Gasteiger partial charge in [0.1, 0.15) is 11.5 Å². The fraction of sp³-hybridized carbons (Fsp3) is 0.455. The molecule has 4 heterocycles. The van der Waals surface area contributed by atoms with Crippen LogP contribution in [-0.2, 0) is 9.53 Å². The Morgan fingerprint density at radius 3 is 2.50 bits per heavy atom. The molecule has 0 aliphatic carbocycles. The maximum atomic E-state index is 11.3.